The molecule has 0 unspecified atom stereocenters. The molecule has 0 atom stereocenters. The van der Waals surface area contributed by atoms with E-state index >= 15 is 4.39 Å². The molecule has 0 saturated carbocycles. The summed E-state index contributed by atoms with van der Waals surface area (Å²) in [7, 11) is -0.0364. The Kier molecular flexibility index (Phi) is 4.38. The molecule has 1 aliphatic rings. The average Bonchev–Trinajstić information content (AvgIpc) is 3.27. The van der Waals surface area contributed by atoms with Crippen molar-refractivity contribution >= 4 is 44.1 Å². The minimum atomic E-state index is -3.49. The molecule has 4 aromatic rings. The first-order valence-electron chi connectivity index (χ1n) is 9.40. The van der Waals surface area contributed by atoms with E-state index in [1.54, 1.807) is 72.5 Å². The average molecular weight is 439 g/mol. The number of fused-ring (bicyclic) bond motifs is 2. The molecule has 0 amide bonds. The fourth-order valence-electron chi connectivity index (χ4n) is 3.55. The van der Waals surface area contributed by atoms with E-state index in [9.17, 15) is 8.42 Å². The predicted octanol–water partition coefficient (Wildman–Crippen LogP) is 2.81. The summed E-state index contributed by atoms with van der Waals surface area (Å²) >= 11 is 0. The third kappa shape index (κ3) is 3.37. The van der Waals surface area contributed by atoms with E-state index in [1.165, 1.54) is 0 Å². The number of nitrogens with one attached hydrogen (secondary N) is 2. The molecular formula is C20H18FN7O2S. The molecule has 9 nitrogen and oxygen atoms in total. The fourth-order valence-corrected chi connectivity index (χ4v) is 4.82. The minimum Gasteiger partial charge on any atom is -0.327 e. The van der Waals surface area contributed by atoms with Gasteiger partial charge in [0.05, 0.1) is 21.5 Å². The van der Waals surface area contributed by atoms with Crippen molar-refractivity contribution in [3.63, 3.8) is 0 Å². The lowest BCUT2D eigenvalue weighted by Crippen LogP contribution is -2.14. The highest BCUT2D eigenvalue weighted by Crippen LogP contribution is 2.31. The Labute approximate surface area is 177 Å². The topological polar surface area (TPSA) is 105 Å². The SMILES string of the molecule is CN(c1ccnc(Nc2ccc3c(c2)S(=O)(=O)NC3)n1)c1ccc2nn(C)cc2c1F. The van der Waals surface area contributed by atoms with Crippen LogP contribution in [-0.2, 0) is 23.6 Å². The van der Waals surface area contributed by atoms with Gasteiger partial charge in [-0.3, -0.25) is 4.68 Å². The molecule has 2 aromatic carbocycles. The Balaban J connectivity index is 1.45. The van der Waals surface area contributed by atoms with Gasteiger partial charge in [0.15, 0.2) is 5.82 Å². The summed E-state index contributed by atoms with van der Waals surface area (Å²) in [5.41, 5.74) is 2.16. The van der Waals surface area contributed by atoms with Gasteiger partial charge in [-0.15, -0.1) is 0 Å². The van der Waals surface area contributed by atoms with E-state index in [4.69, 9.17) is 0 Å². The molecule has 0 aliphatic carbocycles. The Morgan fingerprint density at radius 3 is 2.90 bits per heavy atom. The van der Waals surface area contributed by atoms with Crippen LogP contribution in [0.3, 0.4) is 0 Å². The van der Waals surface area contributed by atoms with Crippen LogP contribution in [-0.4, -0.2) is 35.2 Å². The third-order valence-electron chi connectivity index (χ3n) is 5.13. The van der Waals surface area contributed by atoms with Gasteiger partial charge in [0.1, 0.15) is 5.82 Å². The predicted molar refractivity (Wildman–Crippen MR) is 115 cm³/mol. The van der Waals surface area contributed by atoms with Crippen molar-refractivity contribution in [2.45, 2.75) is 11.4 Å². The van der Waals surface area contributed by atoms with Crippen LogP contribution in [0.1, 0.15) is 5.56 Å². The van der Waals surface area contributed by atoms with Crippen molar-refractivity contribution in [1.29, 1.82) is 0 Å². The Morgan fingerprint density at radius 1 is 1.23 bits per heavy atom. The number of aromatic nitrogens is 4. The van der Waals surface area contributed by atoms with Crippen LogP contribution in [0.2, 0.25) is 0 Å². The van der Waals surface area contributed by atoms with E-state index in [-0.39, 0.29) is 17.4 Å². The highest BCUT2D eigenvalue weighted by atomic mass is 32.2. The maximum absolute atomic E-state index is 15.0. The van der Waals surface area contributed by atoms with Gasteiger partial charge >= 0.3 is 0 Å². The molecule has 31 heavy (non-hydrogen) atoms. The molecule has 1 aliphatic heterocycles. The third-order valence-corrected chi connectivity index (χ3v) is 6.61. The molecule has 2 N–H and O–H groups in total. The van der Waals surface area contributed by atoms with Gasteiger partial charge in [-0.25, -0.2) is 22.5 Å². The van der Waals surface area contributed by atoms with Crippen LogP contribution in [0.4, 0.5) is 27.5 Å². The van der Waals surface area contributed by atoms with E-state index in [2.05, 4.69) is 25.1 Å². The van der Waals surface area contributed by atoms with Crippen LogP contribution in [0.5, 0.6) is 0 Å². The zero-order valence-corrected chi connectivity index (χ0v) is 17.5. The van der Waals surface area contributed by atoms with Gasteiger partial charge in [-0.05, 0) is 35.9 Å². The lowest BCUT2D eigenvalue weighted by molar-refractivity contribution is 0.589. The zero-order valence-electron chi connectivity index (χ0n) is 16.7. The molecular weight excluding hydrogens is 421 g/mol. The van der Waals surface area contributed by atoms with E-state index in [0.29, 0.717) is 33.7 Å². The van der Waals surface area contributed by atoms with Gasteiger partial charge in [-0.1, -0.05) is 6.07 Å². The number of aryl methyl sites for hydroxylation is 1. The molecule has 2 aromatic heterocycles. The number of rotatable bonds is 4. The second-order valence-electron chi connectivity index (χ2n) is 7.20. The molecule has 0 fully saturated rings. The molecule has 3 heterocycles. The quantitative estimate of drug-likeness (QED) is 0.504. The number of nitrogens with zero attached hydrogens (tertiary/aromatic N) is 5. The van der Waals surface area contributed by atoms with Gasteiger partial charge in [0, 0.05) is 38.7 Å². The van der Waals surface area contributed by atoms with Crippen molar-refractivity contribution in [3.8, 4) is 0 Å². The summed E-state index contributed by atoms with van der Waals surface area (Å²) in [6.07, 6.45) is 3.18. The standard InChI is InChI=1S/C20H18FN7O2S/c1-27-11-14-15(26-27)5-6-16(19(14)21)28(2)18-7-8-22-20(25-18)24-13-4-3-12-10-23-31(29,30)17(12)9-13/h3-9,11,23H,10H2,1-2H3,(H,22,24,25). The first-order chi connectivity index (χ1) is 14.8. The van der Waals surface area contributed by atoms with Crippen LogP contribution in [0, 0.1) is 5.82 Å². The second-order valence-corrected chi connectivity index (χ2v) is 8.94. The molecule has 0 spiro atoms. The van der Waals surface area contributed by atoms with Crippen molar-refractivity contribution in [2.24, 2.45) is 7.05 Å². The van der Waals surface area contributed by atoms with E-state index < -0.39 is 15.8 Å². The van der Waals surface area contributed by atoms with Crippen molar-refractivity contribution in [2.75, 3.05) is 17.3 Å². The molecule has 0 bridgehead atoms. The largest absolute Gasteiger partial charge is 0.327 e. The highest BCUT2D eigenvalue weighted by Gasteiger charge is 2.25. The number of anilines is 4. The maximum Gasteiger partial charge on any atom is 0.241 e. The summed E-state index contributed by atoms with van der Waals surface area (Å²) < 4.78 is 43.2. The first kappa shape index (κ1) is 19.4. The van der Waals surface area contributed by atoms with Crippen LogP contribution in [0.25, 0.3) is 10.9 Å². The summed E-state index contributed by atoms with van der Waals surface area (Å²) in [5, 5.41) is 7.66. The van der Waals surface area contributed by atoms with Gasteiger partial charge in [-0.2, -0.15) is 10.1 Å². The zero-order chi connectivity index (χ0) is 21.8. The normalized spacial score (nSPS) is 14.5. The molecule has 11 heteroatoms. The smallest absolute Gasteiger partial charge is 0.241 e. The summed E-state index contributed by atoms with van der Waals surface area (Å²) in [4.78, 5) is 10.5. The number of halogens is 1. The Morgan fingerprint density at radius 2 is 2.06 bits per heavy atom. The number of benzene rings is 2. The fraction of sp³-hybridized carbons (Fsp3) is 0.150. The van der Waals surface area contributed by atoms with Crippen molar-refractivity contribution in [1.82, 2.24) is 24.5 Å². The molecule has 0 saturated heterocycles. The van der Waals surface area contributed by atoms with Gasteiger partial charge in [0.25, 0.3) is 0 Å². The van der Waals surface area contributed by atoms with E-state index in [1.807, 2.05) is 0 Å². The van der Waals surface area contributed by atoms with Crippen LogP contribution in [0.15, 0.2) is 53.7 Å². The molecule has 5 rings (SSSR count). The lowest BCUT2D eigenvalue weighted by atomic mass is 10.2. The summed E-state index contributed by atoms with van der Waals surface area (Å²) in [6, 6.07) is 10.1. The van der Waals surface area contributed by atoms with E-state index in [0.717, 1.165) is 0 Å². The Hall–Kier alpha value is -3.57. The minimum absolute atomic E-state index is 0.234. The van der Waals surface area contributed by atoms with Crippen LogP contribution >= 0.6 is 0 Å². The first-order valence-corrected chi connectivity index (χ1v) is 10.9. The lowest BCUT2D eigenvalue weighted by Gasteiger charge is -2.19. The van der Waals surface area contributed by atoms with Gasteiger partial charge < -0.3 is 10.2 Å². The number of sulfonamides is 1. The highest BCUT2D eigenvalue weighted by molar-refractivity contribution is 7.89. The molecule has 0 radical (unpaired) electrons. The van der Waals surface area contributed by atoms with Crippen molar-refractivity contribution in [3.05, 3.63) is 60.2 Å². The maximum atomic E-state index is 15.0. The summed E-state index contributed by atoms with van der Waals surface area (Å²) in [5.74, 6) is 0.336. The monoisotopic (exact) mass is 439 g/mol. The second kappa shape index (κ2) is 7.00. The number of hydrogen-bond acceptors (Lipinski definition) is 7. The Bertz CT molecular complexity index is 1430. The number of hydrogen-bond donors (Lipinski definition) is 2. The van der Waals surface area contributed by atoms with Gasteiger partial charge in [0.2, 0.25) is 16.0 Å². The van der Waals surface area contributed by atoms with Crippen molar-refractivity contribution < 1.29 is 12.8 Å². The molecule has 158 valence electrons. The van der Waals surface area contributed by atoms with Crippen LogP contribution < -0.4 is 14.9 Å². The summed E-state index contributed by atoms with van der Waals surface area (Å²) in [6.45, 7) is 0.279.